The molecule has 0 spiro atoms. The van der Waals surface area contributed by atoms with Crippen molar-refractivity contribution in [3.05, 3.63) is 59.7 Å². The van der Waals surface area contributed by atoms with Crippen LogP contribution in [0.2, 0.25) is 0 Å². The van der Waals surface area contributed by atoms with Crippen LogP contribution in [0.5, 0.6) is 0 Å². The Bertz CT molecular complexity index is 497. The lowest BCUT2D eigenvalue weighted by Gasteiger charge is -2.16. The number of aromatic nitrogens is 1. The molecule has 3 heteroatoms. The summed E-state index contributed by atoms with van der Waals surface area (Å²) < 4.78 is 13.6. The highest BCUT2D eigenvalue weighted by atomic mass is 19.1. The first kappa shape index (κ1) is 11.6. The van der Waals surface area contributed by atoms with E-state index in [2.05, 4.69) is 10.3 Å². The molecule has 1 aromatic heterocycles. The minimum absolute atomic E-state index is 0.0286. The lowest BCUT2D eigenvalue weighted by Crippen LogP contribution is -2.08. The molecule has 0 aliphatic rings. The fourth-order valence-electron chi connectivity index (χ4n) is 1.69. The number of pyridine rings is 1. The Morgan fingerprint density at radius 2 is 2.12 bits per heavy atom. The van der Waals surface area contributed by atoms with Crippen molar-refractivity contribution < 1.29 is 4.39 Å². The molecule has 1 atom stereocenters. The standard InChI is InChI=1S/C14H15FN2/c1-10-5-6-14(13(15)8-10)17-11(2)12-4-3-7-16-9-12/h3-9,11,17H,1-2H3. The third kappa shape index (κ3) is 2.81. The summed E-state index contributed by atoms with van der Waals surface area (Å²) in [6.07, 6.45) is 3.51. The summed E-state index contributed by atoms with van der Waals surface area (Å²) in [7, 11) is 0. The quantitative estimate of drug-likeness (QED) is 0.869. The minimum atomic E-state index is -0.222. The number of halogens is 1. The summed E-state index contributed by atoms with van der Waals surface area (Å²) in [5.74, 6) is -0.222. The summed E-state index contributed by atoms with van der Waals surface area (Å²) in [6.45, 7) is 3.85. The minimum Gasteiger partial charge on any atom is -0.376 e. The highest BCUT2D eigenvalue weighted by molar-refractivity contribution is 5.47. The maximum absolute atomic E-state index is 13.6. The molecule has 1 heterocycles. The fourth-order valence-corrected chi connectivity index (χ4v) is 1.69. The van der Waals surface area contributed by atoms with Crippen molar-refractivity contribution in [2.75, 3.05) is 5.32 Å². The van der Waals surface area contributed by atoms with Gasteiger partial charge in [-0.3, -0.25) is 4.98 Å². The number of nitrogens with one attached hydrogen (secondary N) is 1. The second kappa shape index (κ2) is 4.95. The van der Waals surface area contributed by atoms with Crippen LogP contribution in [0.15, 0.2) is 42.7 Å². The van der Waals surface area contributed by atoms with Gasteiger partial charge in [0.25, 0.3) is 0 Å². The van der Waals surface area contributed by atoms with Crippen LogP contribution < -0.4 is 5.32 Å². The van der Waals surface area contributed by atoms with Gasteiger partial charge < -0.3 is 5.32 Å². The molecule has 88 valence electrons. The Morgan fingerprint density at radius 1 is 1.29 bits per heavy atom. The Kier molecular flexibility index (Phi) is 3.38. The van der Waals surface area contributed by atoms with Gasteiger partial charge in [-0.1, -0.05) is 12.1 Å². The lowest BCUT2D eigenvalue weighted by molar-refractivity contribution is 0.626. The zero-order chi connectivity index (χ0) is 12.3. The first-order valence-electron chi connectivity index (χ1n) is 5.59. The largest absolute Gasteiger partial charge is 0.376 e. The number of benzene rings is 1. The SMILES string of the molecule is Cc1ccc(NC(C)c2cccnc2)c(F)c1. The Morgan fingerprint density at radius 3 is 2.76 bits per heavy atom. The first-order valence-corrected chi connectivity index (χ1v) is 5.59. The number of nitrogens with zero attached hydrogens (tertiary/aromatic N) is 1. The normalized spacial score (nSPS) is 12.2. The predicted octanol–water partition coefficient (Wildman–Crippen LogP) is 3.70. The summed E-state index contributed by atoms with van der Waals surface area (Å²) in [4.78, 5) is 4.05. The van der Waals surface area contributed by atoms with E-state index >= 15 is 0 Å². The highest BCUT2D eigenvalue weighted by Crippen LogP contribution is 2.21. The van der Waals surface area contributed by atoms with Crippen molar-refractivity contribution in [3.8, 4) is 0 Å². The van der Waals surface area contributed by atoms with Gasteiger partial charge in [-0.05, 0) is 43.2 Å². The number of rotatable bonds is 3. The molecule has 0 aliphatic carbocycles. The average molecular weight is 230 g/mol. The molecule has 1 N–H and O–H groups in total. The second-order valence-corrected chi connectivity index (χ2v) is 4.14. The summed E-state index contributed by atoms with van der Waals surface area (Å²) in [5.41, 5.74) is 2.47. The maximum atomic E-state index is 13.6. The van der Waals surface area contributed by atoms with Gasteiger partial charge >= 0.3 is 0 Å². The topological polar surface area (TPSA) is 24.9 Å². The van der Waals surface area contributed by atoms with Crippen molar-refractivity contribution in [2.45, 2.75) is 19.9 Å². The first-order chi connectivity index (χ1) is 8.16. The molecule has 2 aromatic rings. The van der Waals surface area contributed by atoms with E-state index in [0.29, 0.717) is 5.69 Å². The Labute approximate surface area is 101 Å². The molecule has 0 fully saturated rings. The smallest absolute Gasteiger partial charge is 0.146 e. The Balaban J connectivity index is 2.16. The second-order valence-electron chi connectivity index (χ2n) is 4.14. The van der Waals surface area contributed by atoms with Crippen LogP contribution in [-0.4, -0.2) is 4.98 Å². The van der Waals surface area contributed by atoms with Crippen LogP contribution in [-0.2, 0) is 0 Å². The van der Waals surface area contributed by atoms with Crippen LogP contribution in [0.3, 0.4) is 0 Å². The van der Waals surface area contributed by atoms with E-state index in [4.69, 9.17) is 0 Å². The van der Waals surface area contributed by atoms with Crippen molar-refractivity contribution in [2.24, 2.45) is 0 Å². The van der Waals surface area contributed by atoms with E-state index < -0.39 is 0 Å². The molecule has 0 bridgehead atoms. The van der Waals surface area contributed by atoms with E-state index in [0.717, 1.165) is 11.1 Å². The van der Waals surface area contributed by atoms with Gasteiger partial charge in [0.05, 0.1) is 11.7 Å². The molecule has 0 amide bonds. The summed E-state index contributed by atoms with van der Waals surface area (Å²) >= 11 is 0. The monoisotopic (exact) mass is 230 g/mol. The predicted molar refractivity (Wildman–Crippen MR) is 67.4 cm³/mol. The third-order valence-electron chi connectivity index (χ3n) is 2.68. The number of anilines is 1. The van der Waals surface area contributed by atoms with Gasteiger partial charge in [0.15, 0.2) is 0 Å². The van der Waals surface area contributed by atoms with Crippen molar-refractivity contribution in [3.63, 3.8) is 0 Å². The van der Waals surface area contributed by atoms with Crippen LogP contribution in [0, 0.1) is 12.7 Å². The van der Waals surface area contributed by atoms with Gasteiger partial charge in [-0.25, -0.2) is 4.39 Å². The van der Waals surface area contributed by atoms with E-state index in [1.165, 1.54) is 6.07 Å². The number of hydrogen-bond acceptors (Lipinski definition) is 2. The molecule has 2 nitrogen and oxygen atoms in total. The average Bonchev–Trinajstić information content (AvgIpc) is 2.34. The van der Waals surface area contributed by atoms with Gasteiger partial charge in [0.1, 0.15) is 5.82 Å². The van der Waals surface area contributed by atoms with Crippen LogP contribution in [0.4, 0.5) is 10.1 Å². The summed E-state index contributed by atoms with van der Waals surface area (Å²) in [6, 6.07) is 9.05. The molecule has 17 heavy (non-hydrogen) atoms. The van der Waals surface area contributed by atoms with E-state index in [9.17, 15) is 4.39 Å². The van der Waals surface area contributed by atoms with Gasteiger partial charge in [0.2, 0.25) is 0 Å². The Hall–Kier alpha value is -1.90. The highest BCUT2D eigenvalue weighted by Gasteiger charge is 2.08. The zero-order valence-corrected chi connectivity index (χ0v) is 9.94. The van der Waals surface area contributed by atoms with Crippen molar-refractivity contribution >= 4 is 5.69 Å². The molecule has 0 saturated carbocycles. The van der Waals surface area contributed by atoms with Crippen LogP contribution in [0.1, 0.15) is 24.1 Å². The molecule has 0 radical (unpaired) electrons. The van der Waals surface area contributed by atoms with Crippen molar-refractivity contribution in [1.29, 1.82) is 0 Å². The molecule has 1 aromatic carbocycles. The fraction of sp³-hybridized carbons (Fsp3) is 0.214. The van der Waals surface area contributed by atoms with Crippen LogP contribution >= 0.6 is 0 Å². The molecule has 1 unspecified atom stereocenters. The van der Waals surface area contributed by atoms with E-state index in [-0.39, 0.29) is 11.9 Å². The zero-order valence-electron chi connectivity index (χ0n) is 9.94. The molecular formula is C14H15FN2. The van der Waals surface area contributed by atoms with Gasteiger partial charge in [0, 0.05) is 12.4 Å². The number of hydrogen-bond donors (Lipinski definition) is 1. The van der Waals surface area contributed by atoms with E-state index in [1.54, 1.807) is 18.5 Å². The van der Waals surface area contributed by atoms with Gasteiger partial charge in [-0.2, -0.15) is 0 Å². The maximum Gasteiger partial charge on any atom is 0.146 e. The molecule has 0 saturated heterocycles. The third-order valence-corrected chi connectivity index (χ3v) is 2.68. The van der Waals surface area contributed by atoms with Gasteiger partial charge in [-0.15, -0.1) is 0 Å². The molecular weight excluding hydrogens is 215 g/mol. The summed E-state index contributed by atoms with van der Waals surface area (Å²) in [5, 5.41) is 3.14. The van der Waals surface area contributed by atoms with Crippen molar-refractivity contribution in [1.82, 2.24) is 4.98 Å². The molecule has 0 aliphatic heterocycles. The number of aryl methyl sites for hydroxylation is 1. The lowest BCUT2D eigenvalue weighted by atomic mass is 10.1. The molecule has 2 rings (SSSR count). The van der Waals surface area contributed by atoms with Crippen LogP contribution in [0.25, 0.3) is 0 Å². The van der Waals surface area contributed by atoms with E-state index in [1.807, 2.05) is 32.0 Å².